The molecule has 0 radical (unpaired) electrons. The molecule has 2 rings (SSSR count). The molecule has 20 heavy (non-hydrogen) atoms. The van der Waals surface area contributed by atoms with E-state index in [4.69, 9.17) is 0 Å². The predicted molar refractivity (Wildman–Crippen MR) is 84.3 cm³/mol. The Morgan fingerprint density at radius 2 is 1.70 bits per heavy atom. The Labute approximate surface area is 120 Å². The van der Waals surface area contributed by atoms with Gasteiger partial charge < -0.3 is 5.32 Å². The zero-order valence-corrected chi connectivity index (χ0v) is 12.5. The molecule has 0 saturated heterocycles. The van der Waals surface area contributed by atoms with Crippen LogP contribution in [0.3, 0.4) is 0 Å². The van der Waals surface area contributed by atoms with Crippen molar-refractivity contribution in [2.45, 2.75) is 33.1 Å². The van der Waals surface area contributed by atoms with Gasteiger partial charge in [0.25, 0.3) is 5.91 Å². The van der Waals surface area contributed by atoms with Crippen LogP contribution in [-0.4, -0.2) is 5.91 Å². The van der Waals surface area contributed by atoms with E-state index in [-0.39, 0.29) is 11.3 Å². The van der Waals surface area contributed by atoms with Crippen molar-refractivity contribution >= 4 is 11.6 Å². The van der Waals surface area contributed by atoms with E-state index in [1.807, 2.05) is 49.4 Å². The fourth-order valence-electron chi connectivity index (χ4n) is 2.05. The van der Waals surface area contributed by atoms with Gasteiger partial charge in [0, 0.05) is 11.3 Å². The Morgan fingerprint density at radius 3 is 2.35 bits per heavy atom. The van der Waals surface area contributed by atoms with Gasteiger partial charge in [-0.25, -0.2) is 0 Å². The number of carbonyl (C=O) groups is 1. The molecule has 1 N–H and O–H groups in total. The molecule has 2 heteroatoms. The van der Waals surface area contributed by atoms with Crippen LogP contribution in [0.4, 0.5) is 5.69 Å². The average Bonchev–Trinajstić information content (AvgIpc) is 2.38. The van der Waals surface area contributed by atoms with Crippen molar-refractivity contribution in [2.75, 3.05) is 5.32 Å². The van der Waals surface area contributed by atoms with E-state index in [0.717, 1.165) is 11.3 Å². The Kier molecular flexibility index (Phi) is 3.93. The van der Waals surface area contributed by atoms with Gasteiger partial charge in [0.15, 0.2) is 0 Å². The van der Waals surface area contributed by atoms with E-state index < -0.39 is 0 Å². The normalized spacial score (nSPS) is 11.2. The third-order valence-corrected chi connectivity index (χ3v) is 3.27. The monoisotopic (exact) mass is 267 g/mol. The number of benzene rings is 2. The number of hydrogen-bond donors (Lipinski definition) is 1. The van der Waals surface area contributed by atoms with Crippen LogP contribution in [0.15, 0.2) is 48.5 Å². The molecule has 1 amide bonds. The van der Waals surface area contributed by atoms with Crippen molar-refractivity contribution in [3.8, 4) is 0 Å². The first-order chi connectivity index (χ1) is 9.36. The zero-order valence-electron chi connectivity index (χ0n) is 12.5. The summed E-state index contributed by atoms with van der Waals surface area (Å²) in [6.07, 6.45) is 0. The van der Waals surface area contributed by atoms with Crippen LogP contribution in [0.2, 0.25) is 0 Å². The number of nitrogens with one attached hydrogen (secondary N) is 1. The standard InChI is InChI=1S/C18H21NO/c1-13-7-5-8-14(11-13)17(20)19-16-10-6-9-15(12-16)18(2,3)4/h5-12H,1-4H3,(H,19,20). The minimum absolute atomic E-state index is 0.0697. The summed E-state index contributed by atoms with van der Waals surface area (Å²) in [5.41, 5.74) is 3.89. The largest absolute Gasteiger partial charge is 0.322 e. The molecule has 0 unspecified atom stereocenters. The lowest BCUT2D eigenvalue weighted by Gasteiger charge is -2.19. The van der Waals surface area contributed by atoms with Crippen LogP contribution in [0, 0.1) is 6.92 Å². The number of carbonyl (C=O) groups excluding carboxylic acids is 1. The smallest absolute Gasteiger partial charge is 0.255 e. The minimum Gasteiger partial charge on any atom is -0.322 e. The van der Waals surface area contributed by atoms with Crippen LogP contribution >= 0.6 is 0 Å². The van der Waals surface area contributed by atoms with E-state index in [9.17, 15) is 4.79 Å². The average molecular weight is 267 g/mol. The maximum absolute atomic E-state index is 12.2. The van der Waals surface area contributed by atoms with Crippen molar-refractivity contribution in [1.29, 1.82) is 0 Å². The topological polar surface area (TPSA) is 29.1 Å². The molecule has 104 valence electrons. The van der Waals surface area contributed by atoms with Crippen LogP contribution in [0.5, 0.6) is 0 Å². The van der Waals surface area contributed by atoms with E-state index in [1.165, 1.54) is 5.56 Å². The Balaban J connectivity index is 2.20. The molecule has 0 aromatic heterocycles. The SMILES string of the molecule is Cc1cccc(C(=O)Nc2cccc(C(C)(C)C)c2)c1. The van der Waals surface area contributed by atoms with Crippen molar-refractivity contribution < 1.29 is 4.79 Å². The first-order valence-corrected chi connectivity index (χ1v) is 6.85. The second-order valence-corrected chi connectivity index (χ2v) is 6.15. The summed E-state index contributed by atoms with van der Waals surface area (Å²) < 4.78 is 0. The Hall–Kier alpha value is -2.09. The van der Waals surface area contributed by atoms with Gasteiger partial charge in [-0.1, -0.05) is 50.6 Å². The molecule has 0 aliphatic heterocycles. The zero-order chi connectivity index (χ0) is 14.8. The third-order valence-electron chi connectivity index (χ3n) is 3.27. The highest BCUT2D eigenvalue weighted by molar-refractivity contribution is 6.04. The van der Waals surface area contributed by atoms with E-state index in [2.05, 4.69) is 32.2 Å². The van der Waals surface area contributed by atoms with E-state index >= 15 is 0 Å². The number of anilines is 1. The summed E-state index contributed by atoms with van der Waals surface area (Å²) >= 11 is 0. The van der Waals surface area contributed by atoms with Gasteiger partial charge in [0.1, 0.15) is 0 Å². The molecular formula is C18H21NO. The number of aryl methyl sites for hydroxylation is 1. The van der Waals surface area contributed by atoms with Crippen molar-refractivity contribution in [3.05, 3.63) is 65.2 Å². The highest BCUT2D eigenvalue weighted by atomic mass is 16.1. The highest BCUT2D eigenvalue weighted by Crippen LogP contribution is 2.24. The summed E-state index contributed by atoms with van der Waals surface area (Å²) in [6, 6.07) is 15.6. The van der Waals surface area contributed by atoms with Gasteiger partial charge in [0.2, 0.25) is 0 Å². The molecule has 2 aromatic rings. The molecule has 2 aromatic carbocycles. The Morgan fingerprint density at radius 1 is 1.00 bits per heavy atom. The quantitative estimate of drug-likeness (QED) is 0.850. The summed E-state index contributed by atoms with van der Waals surface area (Å²) in [7, 11) is 0. The molecule has 0 heterocycles. The fourth-order valence-corrected chi connectivity index (χ4v) is 2.05. The number of rotatable bonds is 2. The maximum atomic E-state index is 12.2. The highest BCUT2D eigenvalue weighted by Gasteiger charge is 2.14. The lowest BCUT2D eigenvalue weighted by atomic mass is 9.87. The molecule has 0 saturated carbocycles. The summed E-state index contributed by atoms with van der Waals surface area (Å²) in [5.74, 6) is -0.0697. The van der Waals surface area contributed by atoms with Crippen LogP contribution in [0.1, 0.15) is 42.3 Å². The van der Waals surface area contributed by atoms with Gasteiger partial charge in [0.05, 0.1) is 0 Å². The lowest BCUT2D eigenvalue weighted by Crippen LogP contribution is -2.14. The molecule has 0 aliphatic rings. The summed E-state index contributed by atoms with van der Waals surface area (Å²) in [4.78, 5) is 12.2. The Bertz CT molecular complexity index is 623. The van der Waals surface area contributed by atoms with Crippen LogP contribution < -0.4 is 5.32 Å². The lowest BCUT2D eigenvalue weighted by molar-refractivity contribution is 0.102. The van der Waals surface area contributed by atoms with Crippen LogP contribution in [0.25, 0.3) is 0 Å². The van der Waals surface area contributed by atoms with Crippen LogP contribution in [-0.2, 0) is 5.41 Å². The van der Waals surface area contributed by atoms with Crippen molar-refractivity contribution in [1.82, 2.24) is 0 Å². The molecule has 0 spiro atoms. The van der Waals surface area contributed by atoms with E-state index in [0.29, 0.717) is 5.56 Å². The van der Waals surface area contributed by atoms with Crippen molar-refractivity contribution in [3.63, 3.8) is 0 Å². The number of hydrogen-bond acceptors (Lipinski definition) is 1. The van der Waals surface area contributed by atoms with Gasteiger partial charge >= 0.3 is 0 Å². The van der Waals surface area contributed by atoms with Crippen molar-refractivity contribution in [2.24, 2.45) is 0 Å². The predicted octanol–water partition coefficient (Wildman–Crippen LogP) is 4.54. The minimum atomic E-state index is -0.0697. The van der Waals surface area contributed by atoms with Gasteiger partial charge in [-0.05, 0) is 42.2 Å². The van der Waals surface area contributed by atoms with Gasteiger partial charge in [-0.2, -0.15) is 0 Å². The molecule has 0 aliphatic carbocycles. The third kappa shape index (κ3) is 3.47. The molecule has 0 fully saturated rings. The molecule has 0 atom stereocenters. The van der Waals surface area contributed by atoms with Gasteiger partial charge in [-0.15, -0.1) is 0 Å². The molecule has 0 bridgehead atoms. The first kappa shape index (κ1) is 14.3. The maximum Gasteiger partial charge on any atom is 0.255 e. The fraction of sp³-hybridized carbons (Fsp3) is 0.278. The molecular weight excluding hydrogens is 246 g/mol. The number of amides is 1. The second kappa shape index (κ2) is 5.49. The van der Waals surface area contributed by atoms with Gasteiger partial charge in [-0.3, -0.25) is 4.79 Å². The van der Waals surface area contributed by atoms with E-state index in [1.54, 1.807) is 0 Å². The second-order valence-electron chi connectivity index (χ2n) is 6.15. The first-order valence-electron chi connectivity index (χ1n) is 6.85. The molecule has 2 nitrogen and oxygen atoms in total. The summed E-state index contributed by atoms with van der Waals surface area (Å²) in [5, 5.41) is 2.96. The summed E-state index contributed by atoms with van der Waals surface area (Å²) in [6.45, 7) is 8.47.